The molecule has 4 rings (SSSR count). The monoisotopic (exact) mass is 510 g/mol. The van der Waals surface area contributed by atoms with Crippen LogP contribution in [0.2, 0.25) is 0 Å². The third-order valence-corrected chi connectivity index (χ3v) is 8.08. The zero-order chi connectivity index (χ0) is 25.7. The van der Waals surface area contributed by atoms with Crippen LogP contribution >= 0.6 is 0 Å². The second kappa shape index (κ2) is 11.3. The average Bonchev–Trinajstić information content (AvgIpc) is 3.28. The number of sulfonamides is 1. The minimum Gasteiger partial charge on any atom is -0.396 e. The number of carbonyl (C=O) groups is 1. The van der Waals surface area contributed by atoms with Crippen molar-refractivity contribution in [1.82, 2.24) is 19.6 Å². The molecule has 1 amide bonds. The summed E-state index contributed by atoms with van der Waals surface area (Å²) >= 11 is 0. The number of aromatic nitrogens is 2. The fraction of sp³-hybridized carbons (Fsp3) is 0.346. The van der Waals surface area contributed by atoms with Crippen molar-refractivity contribution in [3.05, 3.63) is 71.7 Å². The molecule has 10 heteroatoms. The molecule has 2 N–H and O–H groups in total. The number of aliphatic hydroxyl groups excluding tert-OH is 1. The van der Waals surface area contributed by atoms with E-state index in [1.807, 2.05) is 36.4 Å². The number of nitrogens with one attached hydrogen (secondary N) is 1. The number of hydrogen-bond acceptors (Lipinski definition) is 7. The molecule has 1 aromatic carbocycles. The van der Waals surface area contributed by atoms with Gasteiger partial charge in [-0.2, -0.15) is 4.31 Å². The fourth-order valence-corrected chi connectivity index (χ4v) is 5.75. The van der Waals surface area contributed by atoms with E-state index < -0.39 is 16.1 Å². The van der Waals surface area contributed by atoms with Gasteiger partial charge in [0.2, 0.25) is 10.0 Å². The van der Waals surface area contributed by atoms with Crippen LogP contribution in [-0.2, 0) is 21.3 Å². The zero-order valence-corrected chi connectivity index (χ0v) is 21.2. The molecular weight excluding hydrogens is 480 g/mol. The highest BCUT2D eigenvalue weighted by atomic mass is 32.2. The van der Waals surface area contributed by atoms with Gasteiger partial charge < -0.3 is 15.2 Å². The molecule has 2 aromatic heterocycles. The minimum atomic E-state index is -3.57. The van der Waals surface area contributed by atoms with Gasteiger partial charge in [-0.3, -0.25) is 9.78 Å². The number of fused-ring (bicyclic) bond motifs is 1. The number of rotatable bonds is 10. The molecule has 3 aromatic rings. The van der Waals surface area contributed by atoms with Crippen molar-refractivity contribution in [2.24, 2.45) is 0 Å². The first-order chi connectivity index (χ1) is 17.4. The predicted molar refractivity (Wildman–Crippen MR) is 137 cm³/mol. The van der Waals surface area contributed by atoms with E-state index >= 15 is 0 Å². The Hall–Kier alpha value is -3.18. The van der Waals surface area contributed by atoms with Crippen molar-refractivity contribution >= 4 is 15.9 Å². The zero-order valence-electron chi connectivity index (χ0n) is 20.3. The minimum absolute atomic E-state index is 0.0619. The van der Waals surface area contributed by atoms with E-state index in [1.165, 1.54) is 4.31 Å². The number of ether oxygens (including phenoxy) is 1. The summed E-state index contributed by atoms with van der Waals surface area (Å²) in [7, 11) is -2.01. The maximum absolute atomic E-state index is 13.0. The summed E-state index contributed by atoms with van der Waals surface area (Å²) in [4.78, 5) is 21.7. The number of carbonyl (C=O) groups excluding carboxylic acids is 1. The Morgan fingerprint density at radius 2 is 1.92 bits per heavy atom. The van der Waals surface area contributed by atoms with Crippen LogP contribution in [0.4, 0.5) is 0 Å². The highest BCUT2D eigenvalue weighted by Crippen LogP contribution is 2.43. The molecule has 0 radical (unpaired) electrons. The Balaban J connectivity index is 1.87. The van der Waals surface area contributed by atoms with Gasteiger partial charge in [0, 0.05) is 50.3 Å². The van der Waals surface area contributed by atoms with Crippen molar-refractivity contribution in [1.29, 1.82) is 0 Å². The van der Waals surface area contributed by atoms with Gasteiger partial charge in [-0.1, -0.05) is 18.2 Å². The van der Waals surface area contributed by atoms with E-state index in [4.69, 9.17) is 9.72 Å². The SMILES string of the molecule is CCS(=O)(=O)N1Cc2cc(C(=O)NCCOC)nc(-c3cccc(-c4ccncc4)c3)c2[C@H]1CCO. The molecular formula is C26H30N4O5S. The van der Waals surface area contributed by atoms with Crippen molar-refractivity contribution in [2.75, 3.05) is 32.6 Å². The second-order valence-corrected chi connectivity index (χ2v) is 10.7. The first-order valence-corrected chi connectivity index (χ1v) is 13.4. The lowest BCUT2D eigenvalue weighted by molar-refractivity contribution is 0.0932. The summed E-state index contributed by atoms with van der Waals surface area (Å²) in [5.74, 6) is -0.426. The van der Waals surface area contributed by atoms with Crippen molar-refractivity contribution in [2.45, 2.75) is 25.9 Å². The van der Waals surface area contributed by atoms with Crippen LogP contribution in [0.25, 0.3) is 22.4 Å². The molecule has 0 aliphatic carbocycles. The van der Waals surface area contributed by atoms with Crippen LogP contribution in [0.3, 0.4) is 0 Å². The number of aliphatic hydroxyl groups is 1. The summed E-state index contributed by atoms with van der Waals surface area (Å²) in [6.45, 7) is 2.22. The maximum atomic E-state index is 13.0. The van der Waals surface area contributed by atoms with E-state index in [0.717, 1.165) is 22.3 Å². The van der Waals surface area contributed by atoms with Gasteiger partial charge in [0.1, 0.15) is 5.69 Å². The highest BCUT2D eigenvalue weighted by Gasteiger charge is 2.40. The molecule has 0 bridgehead atoms. The molecule has 1 aliphatic heterocycles. The van der Waals surface area contributed by atoms with Crippen LogP contribution in [0.1, 0.15) is 41.0 Å². The largest absolute Gasteiger partial charge is 0.396 e. The lowest BCUT2D eigenvalue weighted by atomic mass is 9.94. The molecule has 1 aliphatic rings. The quantitative estimate of drug-likeness (QED) is 0.402. The van der Waals surface area contributed by atoms with Crippen LogP contribution in [0.5, 0.6) is 0 Å². The lowest BCUT2D eigenvalue weighted by Crippen LogP contribution is -2.31. The van der Waals surface area contributed by atoms with Crippen LogP contribution in [0, 0.1) is 0 Å². The van der Waals surface area contributed by atoms with Crippen LogP contribution in [0.15, 0.2) is 54.9 Å². The Bertz CT molecular complexity index is 1330. The van der Waals surface area contributed by atoms with E-state index in [9.17, 15) is 18.3 Å². The van der Waals surface area contributed by atoms with Crippen molar-refractivity contribution in [3.8, 4) is 22.4 Å². The molecule has 0 saturated heterocycles. The standard InChI is InChI=1S/C26H30N4O5S/c1-3-36(33,34)30-17-21-16-22(26(32)28-12-14-35-2)29-25(24(21)23(30)9-13-31)20-6-4-5-19(15-20)18-7-10-27-11-8-18/h4-8,10-11,15-16,23,31H,3,9,12-14,17H2,1-2H3,(H,28,32)/t23-/m1/s1. The van der Waals surface area contributed by atoms with Gasteiger partial charge in [0.15, 0.2) is 0 Å². The smallest absolute Gasteiger partial charge is 0.269 e. The Morgan fingerprint density at radius 1 is 1.17 bits per heavy atom. The van der Waals surface area contributed by atoms with Gasteiger partial charge in [0.05, 0.1) is 24.1 Å². The summed E-state index contributed by atoms with van der Waals surface area (Å²) < 4.78 is 32.4. The average molecular weight is 511 g/mol. The summed E-state index contributed by atoms with van der Waals surface area (Å²) in [5.41, 5.74) is 4.84. The number of methoxy groups -OCH3 is 1. The molecule has 36 heavy (non-hydrogen) atoms. The summed E-state index contributed by atoms with van der Waals surface area (Å²) in [6, 6.07) is 12.6. The Morgan fingerprint density at radius 3 is 2.61 bits per heavy atom. The molecule has 0 saturated carbocycles. The number of hydrogen-bond donors (Lipinski definition) is 2. The molecule has 1 atom stereocenters. The van der Waals surface area contributed by atoms with Crippen molar-refractivity contribution in [3.63, 3.8) is 0 Å². The van der Waals surface area contributed by atoms with Gasteiger partial charge >= 0.3 is 0 Å². The van der Waals surface area contributed by atoms with Crippen molar-refractivity contribution < 1.29 is 23.1 Å². The van der Waals surface area contributed by atoms with Gasteiger partial charge in [-0.15, -0.1) is 0 Å². The number of nitrogens with zero attached hydrogens (tertiary/aromatic N) is 3. The van der Waals surface area contributed by atoms with E-state index in [1.54, 1.807) is 32.5 Å². The Labute approximate surface area is 211 Å². The van der Waals surface area contributed by atoms with Gasteiger partial charge in [-0.25, -0.2) is 13.4 Å². The van der Waals surface area contributed by atoms with Crippen LogP contribution < -0.4 is 5.32 Å². The molecule has 190 valence electrons. The van der Waals surface area contributed by atoms with E-state index in [2.05, 4.69) is 10.3 Å². The third kappa shape index (κ3) is 5.31. The first-order valence-electron chi connectivity index (χ1n) is 11.8. The lowest BCUT2D eigenvalue weighted by Gasteiger charge is -2.24. The molecule has 9 nitrogen and oxygen atoms in total. The topological polar surface area (TPSA) is 122 Å². The number of amides is 1. The molecule has 0 fully saturated rings. The number of benzene rings is 1. The highest BCUT2D eigenvalue weighted by molar-refractivity contribution is 7.89. The Kier molecular flexibility index (Phi) is 8.10. The third-order valence-electron chi connectivity index (χ3n) is 6.25. The van der Waals surface area contributed by atoms with Crippen LogP contribution in [-0.4, -0.2) is 66.3 Å². The maximum Gasteiger partial charge on any atom is 0.269 e. The molecule has 3 heterocycles. The summed E-state index contributed by atoms with van der Waals surface area (Å²) in [6.07, 6.45) is 3.66. The fourth-order valence-electron chi connectivity index (χ4n) is 4.49. The first kappa shape index (κ1) is 25.9. The van der Waals surface area contributed by atoms with Gasteiger partial charge in [-0.05, 0) is 54.3 Å². The normalized spacial score (nSPS) is 15.6. The summed E-state index contributed by atoms with van der Waals surface area (Å²) in [5, 5.41) is 12.6. The molecule has 0 spiro atoms. The van der Waals surface area contributed by atoms with Gasteiger partial charge in [0.25, 0.3) is 5.91 Å². The van der Waals surface area contributed by atoms with E-state index in [0.29, 0.717) is 24.4 Å². The number of pyridine rings is 2. The van der Waals surface area contributed by atoms with E-state index in [-0.39, 0.29) is 36.9 Å². The molecule has 0 unspecified atom stereocenters. The predicted octanol–water partition coefficient (Wildman–Crippen LogP) is 2.78. The second-order valence-electron chi connectivity index (χ2n) is 8.47.